The predicted octanol–water partition coefficient (Wildman–Crippen LogP) is 5.36. The van der Waals surface area contributed by atoms with Crippen LogP contribution in [0.5, 0.6) is 11.5 Å². The summed E-state index contributed by atoms with van der Waals surface area (Å²) in [5.41, 5.74) is 9.34. The molecule has 194 valence electrons. The van der Waals surface area contributed by atoms with Crippen LogP contribution in [0.15, 0.2) is 79.1 Å². The molecule has 1 aromatic heterocycles. The van der Waals surface area contributed by atoms with Gasteiger partial charge in [0.15, 0.2) is 6.61 Å². The SMILES string of the molecule is Cc1ccc(OC(=O)COc2ccc(C(CN)C(=O)Nc3ccc4cnccc4c3)cc2)c(C)c1.Cl.Cl. The standard InChI is InChI=1S/C28H27N3O4.2ClH/c1-18-3-10-26(19(2)13-18)35-27(32)17-34-24-8-5-20(6-9-24)25(15-29)28(33)31-23-7-4-22-16-30-12-11-21(22)14-23;;/h3-14,16,25H,15,17,29H2,1-2H3,(H,31,33);2*1H. The number of rotatable bonds is 8. The number of hydrogen-bond acceptors (Lipinski definition) is 6. The van der Waals surface area contributed by atoms with E-state index in [9.17, 15) is 9.59 Å². The number of aromatic nitrogens is 1. The molecule has 0 fully saturated rings. The number of carbonyl (C=O) groups is 2. The lowest BCUT2D eigenvalue weighted by Crippen LogP contribution is -2.27. The highest BCUT2D eigenvalue weighted by molar-refractivity contribution is 5.98. The minimum Gasteiger partial charge on any atom is -0.482 e. The summed E-state index contributed by atoms with van der Waals surface area (Å²) in [5, 5.41) is 4.92. The van der Waals surface area contributed by atoms with Crippen molar-refractivity contribution < 1.29 is 19.1 Å². The van der Waals surface area contributed by atoms with Crippen molar-refractivity contribution in [3.05, 3.63) is 95.8 Å². The number of pyridine rings is 1. The summed E-state index contributed by atoms with van der Waals surface area (Å²) in [7, 11) is 0. The minimum atomic E-state index is -0.535. The Hall–Kier alpha value is -3.65. The normalized spacial score (nSPS) is 11.0. The predicted molar refractivity (Wildman–Crippen MR) is 150 cm³/mol. The van der Waals surface area contributed by atoms with Crippen molar-refractivity contribution in [3.63, 3.8) is 0 Å². The van der Waals surface area contributed by atoms with E-state index in [-0.39, 0.29) is 43.9 Å². The maximum atomic E-state index is 12.9. The number of hydrogen-bond donors (Lipinski definition) is 2. The topological polar surface area (TPSA) is 104 Å². The molecule has 0 saturated heterocycles. The van der Waals surface area contributed by atoms with Crippen LogP contribution in [-0.2, 0) is 9.59 Å². The van der Waals surface area contributed by atoms with Crippen LogP contribution in [0.3, 0.4) is 0 Å². The number of ether oxygens (including phenoxy) is 2. The van der Waals surface area contributed by atoms with E-state index in [1.807, 2.05) is 50.2 Å². The Morgan fingerprint density at radius 1 is 0.946 bits per heavy atom. The number of anilines is 1. The van der Waals surface area contributed by atoms with Crippen LogP contribution in [0, 0.1) is 13.8 Å². The number of benzene rings is 3. The van der Waals surface area contributed by atoms with Crippen LogP contribution in [0.1, 0.15) is 22.6 Å². The number of nitrogens with two attached hydrogens (primary N) is 1. The molecule has 0 aliphatic heterocycles. The Labute approximate surface area is 228 Å². The van der Waals surface area contributed by atoms with Gasteiger partial charge in [-0.15, -0.1) is 24.8 Å². The van der Waals surface area contributed by atoms with Gasteiger partial charge in [-0.2, -0.15) is 0 Å². The maximum absolute atomic E-state index is 12.9. The lowest BCUT2D eigenvalue weighted by Gasteiger charge is -2.16. The summed E-state index contributed by atoms with van der Waals surface area (Å²) in [6.07, 6.45) is 3.49. The Kier molecular flexibility index (Phi) is 10.9. The number of nitrogens with zero attached hydrogens (tertiary/aromatic N) is 1. The van der Waals surface area contributed by atoms with Crippen LogP contribution >= 0.6 is 24.8 Å². The fraction of sp³-hybridized carbons (Fsp3) is 0.179. The quantitative estimate of drug-likeness (QED) is 0.230. The Balaban J connectivity index is 0.00000241. The lowest BCUT2D eigenvalue weighted by molar-refractivity contribution is -0.136. The van der Waals surface area contributed by atoms with E-state index in [1.54, 1.807) is 42.7 Å². The molecule has 9 heteroatoms. The largest absolute Gasteiger partial charge is 0.482 e. The molecule has 7 nitrogen and oxygen atoms in total. The molecule has 4 aromatic rings. The first kappa shape index (κ1) is 29.6. The highest BCUT2D eigenvalue weighted by atomic mass is 35.5. The van der Waals surface area contributed by atoms with Gasteiger partial charge in [-0.3, -0.25) is 9.78 Å². The average molecular weight is 542 g/mol. The third-order valence-corrected chi connectivity index (χ3v) is 5.65. The van der Waals surface area contributed by atoms with Gasteiger partial charge in [-0.05, 0) is 66.8 Å². The van der Waals surface area contributed by atoms with Gasteiger partial charge in [-0.25, -0.2) is 4.79 Å². The number of carbonyl (C=O) groups excluding carboxylic acids is 2. The third kappa shape index (κ3) is 7.67. The Morgan fingerprint density at radius 2 is 1.70 bits per heavy atom. The second-order valence-corrected chi connectivity index (χ2v) is 8.32. The molecule has 1 amide bonds. The van der Waals surface area contributed by atoms with Crippen LogP contribution in [0.4, 0.5) is 5.69 Å². The van der Waals surface area contributed by atoms with E-state index in [0.29, 0.717) is 17.2 Å². The van der Waals surface area contributed by atoms with Gasteiger partial charge < -0.3 is 20.5 Å². The molecule has 37 heavy (non-hydrogen) atoms. The van der Waals surface area contributed by atoms with E-state index in [2.05, 4.69) is 10.3 Å². The number of esters is 1. The number of halogens is 2. The molecule has 0 radical (unpaired) electrons. The van der Waals surface area contributed by atoms with Crippen molar-refractivity contribution in [2.24, 2.45) is 5.73 Å². The van der Waals surface area contributed by atoms with Crippen molar-refractivity contribution in [2.75, 3.05) is 18.5 Å². The highest BCUT2D eigenvalue weighted by Crippen LogP contribution is 2.23. The second kappa shape index (κ2) is 13.6. The molecule has 1 unspecified atom stereocenters. The van der Waals surface area contributed by atoms with Gasteiger partial charge in [-0.1, -0.05) is 35.9 Å². The first-order chi connectivity index (χ1) is 16.9. The number of fused-ring (bicyclic) bond motifs is 1. The molecule has 1 heterocycles. The van der Waals surface area contributed by atoms with Crippen LogP contribution in [0.2, 0.25) is 0 Å². The molecule has 4 rings (SSSR count). The smallest absolute Gasteiger partial charge is 0.349 e. The highest BCUT2D eigenvalue weighted by Gasteiger charge is 2.19. The number of aryl methyl sites for hydroxylation is 2. The fourth-order valence-corrected chi connectivity index (χ4v) is 3.79. The van der Waals surface area contributed by atoms with E-state index < -0.39 is 11.9 Å². The monoisotopic (exact) mass is 541 g/mol. The van der Waals surface area contributed by atoms with Crippen molar-refractivity contribution in [1.29, 1.82) is 0 Å². The van der Waals surface area contributed by atoms with E-state index in [1.165, 1.54) is 0 Å². The summed E-state index contributed by atoms with van der Waals surface area (Å²) in [4.78, 5) is 29.2. The average Bonchev–Trinajstić information content (AvgIpc) is 2.85. The summed E-state index contributed by atoms with van der Waals surface area (Å²) >= 11 is 0. The van der Waals surface area contributed by atoms with Crippen molar-refractivity contribution in [1.82, 2.24) is 4.98 Å². The molecule has 3 aromatic carbocycles. The third-order valence-electron chi connectivity index (χ3n) is 5.65. The molecule has 3 N–H and O–H groups in total. The molecular weight excluding hydrogens is 513 g/mol. The molecule has 0 bridgehead atoms. The van der Waals surface area contributed by atoms with Crippen molar-refractivity contribution in [3.8, 4) is 11.5 Å². The molecule has 1 atom stereocenters. The molecule has 0 spiro atoms. The summed E-state index contributed by atoms with van der Waals surface area (Å²) < 4.78 is 10.9. The van der Waals surface area contributed by atoms with E-state index >= 15 is 0 Å². The fourth-order valence-electron chi connectivity index (χ4n) is 3.79. The minimum absolute atomic E-state index is 0. The molecule has 0 aliphatic rings. The van der Waals surface area contributed by atoms with Crippen LogP contribution < -0.4 is 20.5 Å². The molecule has 0 saturated carbocycles. The van der Waals surface area contributed by atoms with Gasteiger partial charge in [0, 0.05) is 30.0 Å². The van der Waals surface area contributed by atoms with Gasteiger partial charge in [0.05, 0.1) is 5.92 Å². The maximum Gasteiger partial charge on any atom is 0.349 e. The van der Waals surface area contributed by atoms with E-state index in [0.717, 1.165) is 27.5 Å². The Morgan fingerprint density at radius 3 is 2.41 bits per heavy atom. The summed E-state index contributed by atoms with van der Waals surface area (Å²) in [6.45, 7) is 3.78. The first-order valence-electron chi connectivity index (χ1n) is 11.3. The van der Waals surface area contributed by atoms with Gasteiger partial charge in [0.1, 0.15) is 11.5 Å². The first-order valence-corrected chi connectivity index (χ1v) is 11.3. The van der Waals surface area contributed by atoms with Gasteiger partial charge in [0.2, 0.25) is 5.91 Å². The Bertz CT molecular complexity index is 1360. The summed E-state index contributed by atoms with van der Waals surface area (Å²) in [6, 6.07) is 20.1. The van der Waals surface area contributed by atoms with Crippen LogP contribution in [0.25, 0.3) is 10.8 Å². The summed E-state index contributed by atoms with van der Waals surface area (Å²) in [5.74, 6) is -0.227. The number of nitrogens with one attached hydrogen (secondary N) is 1. The van der Waals surface area contributed by atoms with Crippen molar-refractivity contribution >= 4 is 53.2 Å². The molecular formula is C28H29Cl2N3O4. The molecule has 0 aliphatic carbocycles. The number of amides is 1. The van der Waals surface area contributed by atoms with E-state index in [4.69, 9.17) is 15.2 Å². The van der Waals surface area contributed by atoms with Gasteiger partial charge >= 0.3 is 5.97 Å². The van der Waals surface area contributed by atoms with Crippen molar-refractivity contribution in [2.45, 2.75) is 19.8 Å². The zero-order valence-corrected chi connectivity index (χ0v) is 22.1. The van der Waals surface area contributed by atoms with Gasteiger partial charge in [0.25, 0.3) is 0 Å². The lowest BCUT2D eigenvalue weighted by atomic mass is 9.98. The second-order valence-electron chi connectivity index (χ2n) is 8.32. The zero-order chi connectivity index (χ0) is 24.8. The van der Waals surface area contributed by atoms with Crippen LogP contribution in [-0.4, -0.2) is 30.0 Å². The zero-order valence-electron chi connectivity index (χ0n) is 20.5.